The largest absolute Gasteiger partial charge is 0.324 e. The summed E-state index contributed by atoms with van der Waals surface area (Å²) in [5, 5.41) is 12.0. The first kappa shape index (κ1) is 15.5. The van der Waals surface area contributed by atoms with Crippen LogP contribution < -0.4 is 5.32 Å². The highest BCUT2D eigenvalue weighted by molar-refractivity contribution is 5.95. The minimum atomic E-state index is -0.179. The molecule has 112 valence electrons. The molecule has 1 amide bonds. The van der Waals surface area contributed by atoms with Crippen LogP contribution in [0.4, 0.5) is 5.69 Å². The number of likely N-dealkylation sites (tertiary alicyclic amines) is 1. The number of benzene rings is 1. The number of hydrogen-bond donors (Lipinski definition) is 1. The van der Waals surface area contributed by atoms with Gasteiger partial charge in [-0.15, -0.1) is 0 Å². The van der Waals surface area contributed by atoms with E-state index in [2.05, 4.69) is 30.1 Å². The number of amides is 1. The molecule has 0 saturated carbocycles. The van der Waals surface area contributed by atoms with Crippen LogP contribution >= 0.6 is 0 Å². The molecule has 1 heterocycles. The van der Waals surface area contributed by atoms with E-state index in [1.54, 1.807) is 18.2 Å². The number of para-hydroxylation sites is 1. The number of carbonyl (C=O) groups excluding carboxylic acids is 1. The normalized spacial score (nSPS) is 24.1. The Balaban J connectivity index is 2.04. The van der Waals surface area contributed by atoms with Crippen molar-refractivity contribution in [2.24, 2.45) is 11.8 Å². The van der Waals surface area contributed by atoms with Crippen molar-refractivity contribution < 1.29 is 4.79 Å². The number of hydrogen-bond acceptors (Lipinski definition) is 3. The summed E-state index contributed by atoms with van der Waals surface area (Å²) in [6.07, 6.45) is 1.22. The topological polar surface area (TPSA) is 56.1 Å². The SMILES string of the molecule is C[C@@H]1C[C@H](C)CN([C@@H](C)C(=O)Nc2ccccc2C#N)C1. The fraction of sp³-hybridized carbons (Fsp3) is 0.529. The summed E-state index contributed by atoms with van der Waals surface area (Å²) in [4.78, 5) is 14.7. The highest BCUT2D eigenvalue weighted by Gasteiger charge is 2.28. The van der Waals surface area contributed by atoms with E-state index in [1.807, 2.05) is 13.0 Å². The molecular weight excluding hydrogens is 262 g/mol. The molecule has 21 heavy (non-hydrogen) atoms. The molecule has 1 fully saturated rings. The number of carbonyl (C=O) groups is 1. The van der Waals surface area contributed by atoms with Gasteiger partial charge < -0.3 is 5.32 Å². The molecule has 1 aliphatic heterocycles. The van der Waals surface area contributed by atoms with Crippen LogP contribution in [0.5, 0.6) is 0 Å². The lowest BCUT2D eigenvalue weighted by atomic mass is 9.91. The standard InChI is InChI=1S/C17H23N3O/c1-12-8-13(2)11-20(10-12)14(3)17(21)19-16-7-5-4-6-15(16)9-18/h4-7,12-14H,8,10-11H2,1-3H3,(H,19,21)/t12-,13+,14-/m0/s1. The van der Waals surface area contributed by atoms with Gasteiger partial charge in [0.25, 0.3) is 0 Å². The maximum absolute atomic E-state index is 12.4. The van der Waals surface area contributed by atoms with Crippen LogP contribution in [0.3, 0.4) is 0 Å². The van der Waals surface area contributed by atoms with Crippen LogP contribution in [-0.2, 0) is 4.79 Å². The van der Waals surface area contributed by atoms with Crippen LogP contribution in [0, 0.1) is 23.2 Å². The predicted octanol–water partition coefficient (Wildman–Crippen LogP) is 2.86. The van der Waals surface area contributed by atoms with Crippen LogP contribution in [0.15, 0.2) is 24.3 Å². The van der Waals surface area contributed by atoms with Gasteiger partial charge in [-0.05, 0) is 37.3 Å². The summed E-state index contributed by atoms with van der Waals surface area (Å²) in [6.45, 7) is 8.32. The molecule has 4 nitrogen and oxygen atoms in total. The molecule has 0 bridgehead atoms. The molecule has 1 saturated heterocycles. The third-order valence-electron chi connectivity index (χ3n) is 4.13. The first-order valence-electron chi connectivity index (χ1n) is 7.55. The van der Waals surface area contributed by atoms with Crippen molar-refractivity contribution in [1.82, 2.24) is 4.90 Å². The molecule has 0 spiro atoms. The first-order valence-corrected chi connectivity index (χ1v) is 7.55. The minimum Gasteiger partial charge on any atom is -0.324 e. The molecule has 1 N–H and O–H groups in total. The number of piperidine rings is 1. The Morgan fingerprint density at radius 2 is 1.95 bits per heavy atom. The first-order chi connectivity index (χ1) is 10.0. The summed E-state index contributed by atoms with van der Waals surface area (Å²) < 4.78 is 0. The zero-order chi connectivity index (χ0) is 15.4. The van der Waals surface area contributed by atoms with Gasteiger partial charge in [-0.2, -0.15) is 5.26 Å². The quantitative estimate of drug-likeness (QED) is 0.929. The van der Waals surface area contributed by atoms with Gasteiger partial charge in [-0.25, -0.2) is 0 Å². The Hall–Kier alpha value is -1.86. The van der Waals surface area contributed by atoms with Crippen molar-refractivity contribution in [1.29, 1.82) is 5.26 Å². The molecule has 1 aromatic rings. The minimum absolute atomic E-state index is 0.0426. The molecule has 1 aliphatic rings. The van der Waals surface area contributed by atoms with Crippen molar-refractivity contribution >= 4 is 11.6 Å². The van der Waals surface area contributed by atoms with Gasteiger partial charge in [0.15, 0.2) is 0 Å². The molecule has 4 heteroatoms. The fourth-order valence-electron chi connectivity index (χ4n) is 3.12. The smallest absolute Gasteiger partial charge is 0.241 e. The summed E-state index contributed by atoms with van der Waals surface area (Å²) in [7, 11) is 0. The zero-order valence-electron chi connectivity index (χ0n) is 13.0. The van der Waals surface area contributed by atoms with Gasteiger partial charge in [0.2, 0.25) is 5.91 Å². The van der Waals surface area contributed by atoms with Crippen molar-refractivity contribution in [3.05, 3.63) is 29.8 Å². The second-order valence-electron chi connectivity index (χ2n) is 6.22. The van der Waals surface area contributed by atoms with Crippen LogP contribution in [0.25, 0.3) is 0 Å². The summed E-state index contributed by atoms with van der Waals surface area (Å²) in [6, 6.07) is 9.03. The van der Waals surface area contributed by atoms with Crippen molar-refractivity contribution in [2.45, 2.75) is 33.2 Å². The number of nitrogens with zero attached hydrogens (tertiary/aromatic N) is 2. The molecule has 1 aromatic carbocycles. The van der Waals surface area contributed by atoms with E-state index in [0.29, 0.717) is 23.1 Å². The van der Waals surface area contributed by atoms with Gasteiger partial charge in [-0.1, -0.05) is 26.0 Å². The van der Waals surface area contributed by atoms with Gasteiger partial charge >= 0.3 is 0 Å². The van der Waals surface area contributed by atoms with Gasteiger partial charge in [0, 0.05) is 13.1 Å². The third-order valence-corrected chi connectivity index (χ3v) is 4.13. The molecule has 2 rings (SSSR count). The number of nitrogens with one attached hydrogen (secondary N) is 1. The molecule has 0 unspecified atom stereocenters. The summed E-state index contributed by atoms with van der Waals surface area (Å²) in [5.74, 6) is 1.20. The Bertz CT molecular complexity index is 539. The van der Waals surface area contributed by atoms with Gasteiger partial charge in [-0.3, -0.25) is 9.69 Å². The van der Waals surface area contributed by atoms with E-state index in [4.69, 9.17) is 5.26 Å². The van der Waals surface area contributed by atoms with Gasteiger partial charge in [0.1, 0.15) is 6.07 Å². The van der Waals surface area contributed by atoms with Crippen LogP contribution in [0.1, 0.15) is 32.8 Å². The van der Waals surface area contributed by atoms with E-state index in [0.717, 1.165) is 13.1 Å². The maximum atomic E-state index is 12.4. The van der Waals surface area contributed by atoms with E-state index in [1.165, 1.54) is 6.42 Å². The lowest BCUT2D eigenvalue weighted by Crippen LogP contribution is -2.48. The van der Waals surface area contributed by atoms with Crippen LogP contribution in [-0.4, -0.2) is 29.9 Å². The predicted molar refractivity (Wildman–Crippen MR) is 83.8 cm³/mol. The third kappa shape index (κ3) is 3.83. The number of nitriles is 1. The second-order valence-corrected chi connectivity index (χ2v) is 6.22. The van der Waals surface area contributed by atoms with Gasteiger partial charge in [0.05, 0.1) is 17.3 Å². The highest BCUT2D eigenvalue weighted by atomic mass is 16.2. The maximum Gasteiger partial charge on any atom is 0.241 e. The number of anilines is 1. The Morgan fingerprint density at radius 3 is 2.57 bits per heavy atom. The Labute approximate surface area is 126 Å². The second kappa shape index (κ2) is 6.73. The lowest BCUT2D eigenvalue weighted by molar-refractivity contribution is -0.121. The van der Waals surface area contributed by atoms with Crippen molar-refractivity contribution in [3.8, 4) is 6.07 Å². The highest BCUT2D eigenvalue weighted by Crippen LogP contribution is 2.23. The monoisotopic (exact) mass is 285 g/mol. The van der Waals surface area contributed by atoms with Crippen LogP contribution in [0.2, 0.25) is 0 Å². The zero-order valence-corrected chi connectivity index (χ0v) is 13.0. The van der Waals surface area contributed by atoms with E-state index in [-0.39, 0.29) is 11.9 Å². The summed E-state index contributed by atoms with van der Waals surface area (Å²) >= 11 is 0. The molecule has 0 aromatic heterocycles. The van der Waals surface area contributed by atoms with E-state index in [9.17, 15) is 4.79 Å². The van der Waals surface area contributed by atoms with E-state index >= 15 is 0 Å². The average Bonchev–Trinajstić information content (AvgIpc) is 2.46. The average molecular weight is 285 g/mol. The molecule has 0 radical (unpaired) electrons. The van der Waals surface area contributed by atoms with Crippen molar-refractivity contribution in [2.75, 3.05) is 18.4 Å². The Kier molecular flexibility index (Phi) is 4.98. The van der Waals surface area contributed by atoms with Crippen molar-refractivity contribution in [3.63, 3.8) is 0 Å². The van der Waals surface area contributed by atoms with E-state index < -0.39 is 0 Å². The molecular formula is C17H23N3O. The molecule has 0 aliphatic carbocycles. The summed E-state index contributed by atoms with van der Waals surface area (Å²) in [5.41, 5.74) is 1.09. The lowest BCUT2D eigenvalue weighted by Gasteiger charge is -2.38. The number of rotatable bonds is 3. The fourth-order valence-corrected chi connectivity index (χ4v) is 3.12. The molecule has 3 atom stereocenters. The Morgan fingerprint density at radius 1 is 1.33 bits per heavy atom.